The quantitative estimate of drug-likeness (QED) is 0.755. The minimum absolute atomic E-state index is 0.156. The Morgan fingerprint density at radius 3 is 2.17 bits per heavy atom. The van der Waals surface area contributed by atoms with Gasteiger partial charge in [-0.25, -0.2) is 13.2 Å². The fourth-order valence-electron chi connectivity index (χ4n) is 2.21. The van der Waals surface area contributed by atoms with Crippen LogP contribution in [0.4, 0.5) is 13.2 Å². The van der Waals surface area contributed by atoms with Crippen LogP contribution in [0.25, 0.3) is 0 Å². The van der Waals surface area contributed by atoms with E-state index in [9.17, 15) is 13.2 Å². The van der Waals surface area contributed by atoms with Crippen molar-refractivity contribution in [3.8, 4) is 0 Å². The Morgan fingerprint density at radius 2 is 1.72 bits per heavy atom. The maximum Gasteiger partial charge on any atom is 0.194 e. The molecule has 0 aromatic heterocycles. The van der Waals surface area contributed by atoms with Gasteiger partial charge in [0.05, 0.1) is 0 Å². The highest BCUT2D eigenvalue weighted by molar-refractivity contribution is 5.22. The van der Waals surface area contributed by atoms with E-state index in [1.54, 1.807) is 7.05 Å². The van der Waals surface area contributed by atoms with Gasteiger partial charge in [-0.05, 0) is 37.1 Å². The van der Waals surface area contributed by atoms with Crippen molar-refractivity contribution < 1.29 is 13.2 Å². The van der Waals surface area contributed by atoms with Gasteiger partial charge in [-0.2, -0.15) is 0 Å². The monoisotopic (exact) mass is 259 g/mol. The van der Waals surface area contributed by atoms with Crippen molar-refractivity contribution >= 4 is 0 Å². The molecule has 1 aromatic carbocycles. The molecular weight excluding hydrogens is 239 g/mol. The fourth-order valence-corrected chi connectivity index (χ4v) is 2.21. The molecule has 0 saturated carbocycles. The summed E-state index contributed by atoms with van der Waals surface area (Å²) in [6.45, 7) is 4.20. The minimum atomic E-state index is -1.41. The molecular formula is C14H20F3N. The molecule has 0 amide bonds. The van der Waals surface area contributed by atoms with Crippen molar-refractivity contribution in [3.05, 3.63) is 35.1 Å². The molecule has 2 unspecified atom stereocenters. The second-order valence-corrected chi connectivity index (χ2v) is 4.77. The highest BCUT2D eigenvalue weighted by Crippen LogP contribution is 2.26. The van der Waals surface area contributed by atoms with E-state index in [2.05, 4.69) is 19.2 Å². The van der Waals surface area contributed by atoms with E-state index >= 15 is 0 Å². The number of hydrogen-bond donors (Lipinski definition) is 1. The van der Waals surface area contributed by atoms with Gasteiger partial charge >= 0.3 is 0 Å². The summed E-state index contributed by atoms with van der Waals surface area (Å²) < 4.78 is 39.2. The summed E-state index contributed by atoms with van der Waals surface area (Å²) in [6.07, 6.45) is 2.91. The number of rotatable bonds is 6. The minimum Gasteiger partial charge on any atom is -0.313 e. The predicted octanol–water partition coefficient (Wildman–Crippen LogP) is 4.19. The summed E-state index contributed by atoms with van der Waals surface area (Å²) in [5, 5.41) is 3.03. The van der Waals surface area contributed by atoms with Crippen LogP contribution in [0, 0.1) is 23.4 Å². The molecule has 0 aliphatic carbocycles. The standard InChI is InChI=1S/C14H20F3N/c1-4-5-9(2)6-13(18-3)10-7-11(15)14(17)12(16)8-10/h7-9,13,18H,4-6H2,1-3H3. The van der Waals surface area contributed by atoms with Crippen molar-refractivity contribution in [3.63, 3.8) is 0 Å². The highest BCUT2D eigenvalue weighted by Gasteiger charge is 2.18. The maximum absolute atomic E-state index is 13.2. The number of halogens is 3. The van der Waals surface area contributed by atoms with Gasteiger partial charge in [0.15, 0.2) is 17.5 Å². The zero-order chi connectivity index (χ0) is 13.7. The SMILES string of the molecule is CCCC(C)CC(NC)c1cc(F)c(F)c(F)c1. The molecule has 0 aliphatic heterocycles. The van der Waals surface area contributed by atoms with Crippen molar-refractivity contribution in [1.29, 1.82) is 0 Å². The average molecular weight is 259 g/mol. The van der Waals surface area contributed by atoms with Gasteiger partial charge in [-0.15, -0.1) is 0 Å². The second kappa shape index (κ2) is 6.78. The molecule has 102 valence electrons. The lowest BCUT2D eigenvalue weighted by Crippen LogP contribution is -2.19. The molecule has 1 N–H and O–H groups in total. The van der Waals surface area contributed by atoms with Gasteiger partial charge in [-0.3, -0.25) is 0 Å². The summed E-state index contributed by atoms with van der Waals surface area (Å²) in [7, 11) is 1.74. The molecule has 2 atom stereocenters. The smallest absolute Gasteiger partial charge is 0.194 e. The molecule has 0 saturated heterocycles. The van der Waals surface area contributed by atoms with Crippen molar-refractivity contribution in [2.75, 3.05) is 7.05 Å². The van der Waals surface area contributed by atoms with Crippen molar-refractivity contribution in [1.82, 2.24) is 5.32 Å². The molecule has 1 rings (SSSR count). The number of benzene rings is 1. The van der Waals surface area contributed by atoms with Crippen LogP contribution in [-0.2, 0) is 0 Å². The zero-order valence-corrected chi connectivity index (χ0v) is 11.1. The van der Waals surface area contributed by atoms with Crippen LogP contribution >= 0.6 is 0 Å². The zero-order valence-electron chi connectivity index (χ0n) is 11.1. The van der Waals surface area contributed by atoms with E-state index < -0.39 is 17.5 Å². The van der Waals surface area contributed by atoms with Crippen LogP contribution < -0.4 is 5.32 Å². The number of nitrogens with one attached hydrogen (secondary N) is 1. The van der Waals surface area contributed by atoms with E-state index in [4.69, 9.17) is 0 Å². The highest BCUT2D eigenvalue weighted by atomic mass is 19.2. The molecule has 0 heterocycles. The molecule has 0 bridgehead atoms. The van der Waals surface area contributed by atoms with Crippen molar-refractivity contribution in [2.45, 2.75) is 39.2 Å². The van der Waals surface area contributed by atoms with Crippen LogP contribution in [0.1, 0.15) is 44.7 Å². The lowest BCUT2D eigenvalue weighted by atomic mass is 9.93. The lowest BCUT2D eigenvalue weighted by Gasteiger charge is -2.21. The summed E-state index contributed by atoms with van der Waals surface area (Å²) >= 11 is 0. The third-order valence-corrected chi connectivity index (χ3v) is 3.18. The molecule has 0 radical (unpaired) electrons. The Balaban J connectivity index is 2.88. The van der Waals surface area contributed by atoms with Gasteiger partial charge in [0.25, 0.3) is 0 Å². The van der Waals surface area contributed by atoms with Gasteiger partial charge in [0, 0.05) is 6.04 Å². The Hall–Kier alpha value is -1.03. The first-order chi connectivity index (χ1) is 8.49. The molecule has 1 nitrogen and oxygen atoms in total. The van der Waals surface area contributed by atoms with Crippen LogP contribution in [-0.4, -0.2) is 7.05 Å². The Kier molecular flexibility index (Phi) is 5.66. The van der Waals surface area contributed by atoms with Gasteiger partial charge in [0.2, 0.25) is 0 Å². The summed E-state index contributed by atoms with van der Waals surface area (Å²) in [6, 6.07) is 1.98. The summed E-state index contributed by atoms with van der Waals surface area (Å²) in [5.74, 6) is -3.22. The van der Waals surface area contributed by atoms with Crippen LogP contribution in [0.3, 0.4) is 0 Å². The van der Waals surface area contributed by atoms with E-state index in [-0.39, 0.29) is 6.04 Å². The predicted molar refractivity (Wildman–Crippen MR) is 66.8 cm³/mol. The van der Waals surface area contributed by atoms with E-state index in [1.807, 2.05) is 0 Å². The Morgan fingerprint density at radius 1 is 1.17 bits per heavy atom. The molecule has 4 heteroatoms. The normalized spacial score (nSPS) is 14.6. The topological polar surface area (TPSA) is 12.0 Å². The Bertz CT molecular complexity index is 370. The molecule has 18 heavy (non-hydrogen) atoms. The first kappa shape index (κ1) is 15.0. The summed E-state index contributed by atoms with van der Waals surface area (Å²) in [4.78, 5) is 0. The van der Waals surface area contributed by atoms with Gasteiger partial charge in [0.1, 0.15) is 0 Å². The second-order valence-electron chi connectivity index (χ2n) is 4.77. The molecule has 0 spiro atoms. The van der Waals surface area contributed by atoms with E-state index in [0.29, 0.717) is 11.5 Å². The molecule has 0 aliphatic rings. The molecule has 0 fully saturated rings. The van der Waals surface area contributed by atoms with Crippen molar-refractivity contribution in [2.24, 2.45) is 5.92 Å². The lowest BCUT2D eigenvalue weighted by molar-refractivity contribution is 0.398. The largest absolute Gasteiger partial charge is 0.313 e. The van der Waals surface area contributed by atoms with Gasteiger partial charge < -0.3 is 5.32 Å². The third-order valence-electron chi connectivity index (χ3n) is 3.18. The van der Waals surface area contributed by atoms with E-state index in [1.165, 1.54) is 0 Å². The number of hydrogen-bond acceptors (Lipinski definition) is 1. The van der Waals surface area contributed by atoms with Crippen LogP contribution in [0.5, 0.6) is 0 Å². The maximum atomic E-state index is 13.2. The first-order valence-electron chi connectivity index (χ1n) is 6.31. The van der Waals surface area contributed by atoms with E-state index in [0.717, 1.165) is 31.4 Å². The fraction of sp³-hybridized carbons (Fsp3) is 0.571. The third kappa shape index (κ3) is 3.73. The first-order valence-corrected chi connectivity index (χ1v) is 6.31. The van der Waals surface area contributed by atoms with Gasteiger partial charge in [-0.1, -0.05) is 26.7 Å². The summed E-state index contributed by atoms with van der Waals surface area (Å²) in [5.41, 5.74) is 0.455. The average Bonchev–Trinajstić information content (AvgIpc) is 2.32. The molecule has 1 aromatic rings. The Labute approximate surface area is 106 Å². The van der Waals surface area contributed by atoms with Crippen LogP contribution in [0.2, 0.25) is 0 Å². The van der Waals surface area contributed by atoms with Crippen LogP contribution in [0.15, 0.2) is 12.1 Å².